The predicted octanol–water partition coefficient (Wildman–Crippen LogP) is 4.53. The van der Waals surface area contributed by atoms with Crippen LogP contribution in [0.4, 0.5) is 23.1 Å². The third-order valence-corrected chi connectivity index (χ3v) is 4.19. The van der Waals surface area contributed by atoms with Gasteiger partial charge < -0.3 is 20.1 Å². The molecule has 0 aliphatic rings. The van der Waals surface area contributed by atoms with Crippen LogP contribution in [0.3, 0.4) is 0 Å². The number of aromatic nitrogens is 3. The molecule has 2 N–H and O–H groups in total. The summed E-state index contributed by atoms with van der Waals surface area (Å²) >= 11 is 0. The minimum absolute atomic E-state index is 0.476. The SMILES string of the molecule is COc1ccc(Nc2ccnc(Nc3cccc4cccnc34)n2)cc1OC. The Morgan fingerprint density at radius 3 is 2.50 bits per heavy atom. The van der Waals surface area contributed by atoms with Crippen molar-refractivity contribution in [2.75, 3.05) is 24.9 Å². The smallest absolute Gasteiger partial charge is 0.229 e. The van der Waals surface area contributed by atoms with Crippen LogP contribution in [0.5, 0.6) is 11.5 Å². The van der Waals surface area contributed by atoms with Crippen LogP contribution >= 0.6 is 0 Å². The largest absolute Gasteiger partial charge is 0.493 e. The first-order valence-corrected chi connectivity index (χ1v) is 8.69. The van der Waals surface area contributed by atoms with Crippen LogP contribution in [0, 0.1) is 0 Å². The highest BCUT2D eigenvalue weighted by molar-refractivity contribution is 5.91. The van der Waals surface area contributed by atoms with E-state index >= 15 is 0 Å². The summed E-state index contributed by atoms with van der Waals surface area (Å²) in [5.41, 5.74) is 2.54. The maximum Gasteiger partial charge on any atom is 0.229 e. The van der Waals surface area contributed by atoms with Gasteiger partial charge in [0.2, 0.25) is 5.95 Å². The van der Waals surface area contributed by atoms with Gasteiger partial charge in [-0.25, -0.2) is 4.98 Å². The van der Waals surface area contributed by atoms with Crippen molar-refractivity contribution in [2.45, 2.75) is 0 Å². The Labute approximate surface area is 162 Å². The number of methoxy groups -OCH3 is 2. The number of fused-ring (bicyclic) bond motifs is 1. The molecule has 0 saturated carbocycles. The fourth-order valence-corrected chi connectivity index (χ4v) is 2.88. The predicted molar refractivity (Wildman–Crippen MR) is 110 cm³/mol. The fourth-order valence-electron chi connectivity index (χ4n) is 2.88. The summed E-state index contributed by atoms with van der Waals surface area (Å²) in [7, 11) is 3.21. The highest BCUT2D eigenvalue weighted by atomic mass is 16.5. The number of pyridine rings is 1. The van der Waals surface area contributed by atoms with Gasteiger partial charge in [0, 0.05) is 29.5 Å². The lowest BCUT2D eigenvalue weighted by molar-refractivity contribution is 0.355. The highest BCUT2D eigenvalue weighted by Crippen LogP contribution is 2.31. The first-order valence-electron chi connectivity index (χ1n) is 8.69. The Hall–Kier alpha value is -3.87. The van der Waals surface area contributed by atoms with Gasteiger partial charge in [-0.1, -0.05) is 18.2 Å². The Kier molecular flexibility index (Phi) is 4.88. The van der Waals surface area contributed by atoms with Crippen molar-refractivity contribution in [1.29, 1.82) is 0 Å². The minimum atomic E-state index is 0.476. The van der Waals surface area contributed by atoms with Gasteiger partial charge in [-0.2, -0.15) is 4.98 Å². The van der Waals surface area contributed by atoms with E-state index in [0.29, 0.717) is 23.3 Å². The second-order valence-electron chi connectivity index (χ2n) is 5.97. The van der Waals surface area contributed by atoms with E-state index < -0.39 is 0 Å². The summed E-state index contributed by atoms with van der Waals surface area (Å²) in [6.45, 7) is 0. The average molecular weight is 373 g/mol. The standard InChI is InChI=1S/C21H19N5O2/c1-27-17-9-8-15(13-18(17)28-2)24-19-10-12-23-21(26-19)25-16-7-3-5-14-6-4-11-22-20(14)16/h3-13H,1-2H3,(H2,23,24,25,26). The van der Waals surface area contributed by atoms with Gasteiger partial charge in [0.05, 0.1) is 25.4 Å². The molecular weight excluding hydrogens is 354 g/mol. The molecular formula is C21H19N5O2. The van der Waals surface area contributed by atoms with Gasteiger partial charge in [-0.05, 0) is 30.3 Å². The van der Waals surface area contributed by atoms with Gasteiger partial charge in [-0.15, -0.1) is 0 Å². The Bertz CT molecular complexity index is 1110. The van der Waals surface area contributed by atoms with E-state index in [1.807, 2.05) is 48.5 Å². The molecule has 28 heavy (non-hydrogen) atoms. The second kappa shape index (κ2) is 7.79. The van der Waals surface area contributed by atoms with Crippen molar-refractivity contribution >= 4 is 34.0 Å². The van der Waals surface area contributed by atoms with Crippen LogP contribution in [-0.4, -0.2) is 29.2 Å². The first kappa shape index (κ1) is 17.5. The minimum Gasteiger partial charge on any atom is -0.493 e. The van der Waals surface area contributed by atoms with Crippen LogP contribution in [0.1, 0.15) is 0 Å². The van der Waals surface area contributed by atoms with Crippen LogP contribution in [0.25, 0.3) is 10.9 Å². The maximum absolute atomic E-state index is 5.34. The van der Waals surface area contributed by atoms with E-state index in [1.54, 1.807) is 32.7 Å². The normalized spacial score (nSPS) is 10.5. The molecule has 0 spiro atoms. The number of nitrogens with one attached hydrogen (secondary N) is 2. The highest BCUT2D eigenvalue weighted by Gasteiger charge is 2.07. The number of hydrogen-bond acceptors (Lipinski definition) is 7. The summed E-state index contributed by atoms with van der Waals surface area (Å²) in [5, 5.41) is 7.54. The Morgan fingerprint density at radius 1 is 0.786 bits per heavy atom. The van der Waals surface area contributed by atoms with E-state index in [2.05, 4.69) is 25.6 Å². The molecule has 0 saturated heterocycles. The molecule has 0 bridgehead atoms. The molecule has 7 heteroatoms. The average Bonchev–Trinajstić information content (AvgIpc) is 2.74. The summed E-state index contributed by atoms with van der Waals surface area (Å²) in [6, 6.07) is 17.2. The van der Waals surface area contributed by atoms with Gasteiger partial charge >= 0.3 is 0 Å². The number of ether oxygens (including phenoxy) is 2. The monoisotopic (exact) mass is 373 g/mol. The van der Waals surface area contributed by atoms with Crippen LogP contribution in [0.2, 0.25) is 0 Å². The number of benzene rings is 2. The lowest BCUT2D eigenvalue weighted by atomic mass is 10.2. The molecule has 0 aliphatic carbocycles. The van der Waals surface area contributed by atoms with E-state index in [0.717, 1.165) is 22.3 Å². The summed E-state index contributed by atoms with van der Waals surface area (Å²) < 4.78 is 10.6. The molecule has 7 nitrogen and oxygen atoms in total. The molecule has 0 radical (unpaired) electrons. The van der Waals surface area contributed by atoms with Crippen molar-refractivity contribution in [3.8, 4) is 11.5 Å². The zero-order chi connectivity index (χ0) is 19.3. The van der Waals surface area contributed by atoms with Gasteiger partial charge in [0.1, 0.15) is 5.82 Å². The number of nitrogens with zero attached hydrogens (tertiary/aromatic N) is 3. The van der Waals surface area contributed by atoms with Gasteiger partial charge in [0.25, 0.3) is 0 Å². The van der Waals surface area contributed by atoms with Crippen molar-refractivity contribution in [3.63, 3.8) is 0 Å². The zero-order valence-electron chi connectivity index (χ0n) is 15.5. The zero-order valence-corrected chi connectivity index (χ0v) is 15.5. The molecule has 0 atom stereocenters. The first-order chi connectivity index (χ1) is 13.8. The third-order valence-electron chi connectivity index (χ3n) is 4.19. The summed E-state index contributed by atoms with van der Waals surface area (Å²) in [6.07, 6.45) is 3.46. The molecule has 2 heterocycles. The third kappa shape index (κ3) is 3.64. The molecule has 0 fully saturated rings. The van der Waals surface area contributed by atoms with Crippen molar-refractivity contribution in [1.82, 2.24) is 15.0 Å². The van der Waals surface area contributed by atoms with Crippen molar-refractivity contribution < 1.29 is 9.47 Å². The second-order valence-corrected chi connectivity index (χ2v) is 5.97. The lowest BCUT2D eigenvalue weighted by Gasteiger charge is -2.12. The molecule has 0 unspecified atom stereocenters. The molecule has 0 amide bonds. The van der Waals surface area contributed by atoms with E-state index in [9.17, 15) is 0 Å². The van der Waals surface area contributed by atoms with Gasteiger partial charge in [-0.3, -0.25) is 4.98 Å². The lowest BCUT2D eigenvalue weighted by Crippen LogP contribution is -2.01. The van der Waals surface area contributed by atoms with E-state index in [-0.39, 0.29) is 0 Å². The maximum atomic E-state index is 5.34. The van der Waals surface area contributed by atoms with E-state index in [1.165, 1.54) is 0 Å². The summed E-state index contributed by atoms with van der Waals surface area (Å²) in [5.74, 6) is 2.44. The Balaban J connectivity index is 1.58. The fraction of sp³-hybridized carbons (Fsp3) is 0.0952. The van der Waals surface area contributed by atoms with Gasteiger partial charge in [0.15, 0.2) is 11.5 Å². The van der Waals surface area contributed by atoms with E-state index in [4.69, 9.17) is 9.47 Å². The molecule has 2 aromatic carbocycles. The number of anilines is 4. The number of rotatable bonds is 6. The Morgan fingerprint density at radius 2 is 1.64 bits per heavy atom. The summed E-state index contributed by atoms with van der Waals surface area (Å²) in [4.78, 5) is 13.3. The van der Waals surface area contributed by atoms with Crippen LogP contribution in [0.15, 0.2) is 67.0 Å². The number of para-hydroxylation sites is 1. The van der Waals surface area contributed by atoms with Crippen molar-refractivity contribution in [2.24, 2.45) is 0 Å². The van der Waals surface area contributed by atoms with Crippen LogP contribution in [-0.2, 0) is 0 Å². The number of hydrogen-bond donors (Lipinski definition) is 2. The van der Waals surface area contributed by atoms with Crippen LogP contribution < -0.4 is 20.1 Å². The van der Waals surface area contributed by atoms with Crippen molar-refractivity contribution in [3.05, 3.63) is 67.0 Å². The quantitative estimate of drug-likeness (QED) is 0.514. The molecule has 140 valence electrons. The molecule has 4 rings (SSSR count). The topological polar surface area (TPSA) is 81.2 Å². The molecule has 0 aliphatic heterocycles. The molecule has 4 aromatic rings. The molecule has 2 aromatic heterocycles.